The van der Waals surface area contributed by atoms with Crippen LogP contribution in [0.2, 0.25) is 0 Å². The highest BCUT2D eigenvalue weighted by Gasteiger charge is 2.17. The molecule has 0 aliphatic rings. The zero-order valence-corrected chi connectivity index (χ0v) is 15.8. The van der Waals surface area contributed by atoms with Gasteiger partial charge < -0.3 is 10.1 Å². The van der Waals surface area contributed by atoms with Crippen molar-refractivity contribution in [3.05, 3.63) is 75.1 Å². The van der Waals surface area contributed by atoms with E-state index in [0.29, 0.717) is 0 Å². The lowest BCUT2D eigenvalue weighted by atomic mass is 10.2. The highest BCUT2D eigenvalue weighted by Crippen LogP contribution is 2.06. The quantitative estimate of drug-likeness (QED) is 0.575. The van der Waals surface area contributed by atoms with Crippen molar-refractivity contribution in [1.29, 1.82) is 0 Å². The molecule has 9 heteroatoms. The van der Waals surface area contributed by atoms with E-state index in [0.717, 1.165) is 10.1 Å². The van der Waals surface area contributed by atoms with Gasteiger partial charge in [-0.1, -0.05) is 30.3 Å². The van der Waals surface area contributed by atoms with Crippen LogP contribution < -0.4 is 16.6 Å². The van der Waals surface area contributed by atoms with Crippen LogP contribution in [0.25, 0.3) is 11.0 Å². The van der Waals surface area contributed by atoms with Gasteiger partial charge in [-0.15, -0.1) is 0 Å². The molecule has 2 heterocycles. The first kappa shape index (κ1) is 20.0. The van der Waals surface area contributed by atoms with E-state index >= 15 is 0 Å². The fraction of sp³-hybridized carbons (Fsp3) is 0.250. The van der Waals surface area contributed by atoms with Crippen LogP contribution in [-0.2, 0) is 27.4 Å². The second kappa shape index (κ2) is 8.96. The number of fused-ring (bicyclic) bond motifs is 1. The van der Waals surface area contributed by atoms with Gasteiger partial charge in [0.15, 0.2) is 5.52 Å². The summed E-state index contributed by atoms with van der Waals surface area (Å²) in [5.41, 5.74) is -0.0668. The number of aromatic nitrogens is 3. The third-order valence-electron chi connectivity index (χ3n) is 4.21. The fourth-order valence-electron chi connectivity index (χ4n) is 2.88. The van der Waals surface area contributed by atoms with Crippen molar-refractivity contribution in [3.8, 4) is 0 Å². The Morgan fingerprint density at radius 1 is 1.07 bits per heavy atom. The molecule has 0 aliphatic heterocycles. The van der Waals surface area contributed by atoms with Crippen LogP contribution in [0.15, 0.2) is 58.3 Å². The summed E-state index contributed by atoms with van der Waals surface area (Å²) >= 11 is 0. The van der Waals surface area contributed by atoms with Crippen molar-refractivity contribution in [2.75, 3.05) is 13.2 Å². The van der Waals surface area contributed by atoms with Crippen molar-refractivity contribution >= 4 is 22.9 Å². The molecule has 150 valence electrons. The van der Waals surface area contributed by atoms with Crippen LogP contribution in [-0.4, -0.2) is 39.1 Å². The number of nitrogens with zero attached hydrogens (tertiary/aromatic N) is 3. The number of benzene rings is 1. The second-order valence-electron chi connectivity index (χ2n) is 6.20. The molecule has 3 rings (SSSR count). The van der Waals surface area contributed by atoms with Crippen LogP contribution in [0.3, 0.4) is 0 Å². The highest BCUT2D eigenvalue weighted by atomic mass is 16.5. The summed E-state index contributed by atoms with van der Waals surface area (Å²) in [6.07, 6.45) is 1.45. The average molecular weight is 396 g/mol. The van der Waals surface area contributed by atoms with Gasteiger partial charge >= 0.3 is 11.7 Å². The predicted molar refractivity (Wildman–Crippen MR) is 105 cm³/mol. The molecular formula is C20H20N4O5. The van der Waals surface area contributed by atoms with Gasteiger partial charge in [-0.2, -0.15) is 0 Å². The Labute approximate surface area is 165 Å². The standard InChI is InChI=1S/C20H20N4O5/c1-2-29-17(26)11-22-16(25)13-23-15-9-6-10-21-18(15)19(27)24(20(23)28)12-14-7-4-3-5-8-14/h3-10H,2,11-13H2,1H3,(H,22,25). The zero-order chi connectivity index (χ0) is 20.8. The molecule has 3 aromatic rings. The summed E-state index contributed by atoms with van der Waals surface area (Å²) in [5, 5.41) is 2.41. The Morgan fingerprint density at radius 3 is 2.55 bits per heavy atom. The summed E-state index contributed by atoms with van der Waals surface area (Å²) < 4.78 is 6.98. The maximum Gasteiger partial charge on any atom is 0.332 e. The number of esters is 1. The fourth-order valence-corrected chi connectivity index (χ4v) is 2.88. The summed E-state index contributed by atoms with van der Waals surface area (Å²) in [6, 6.07) is 12.2. The smallest absolute Gasteiger partial charge is 0.332 e. The maximum atomic E-state index is 13.0. The first-order chi connectivity index (χ1) is 14.0. The number of rotatable bonds is 7. The highest BCUT2D eigenvalue weighted by molar-refractivity contribution is 5.83. The molecule has 1 N–H and O–H groups in total. The Bertz CT molecular complexity index is 1150. The SMILES string of the molecule is CCOC(=O)CNC(=O)Cn1c(=O)n(Cc2ccccc2)c(=O)c2ncccc21. The van der Waals surface area contributed by atoms with E-state index in [1.807, 2.05) is 6.07 Å². The lowest BCUT2D eigenvalue weighted by Crippen LogP contribution is -2.43. The van der Waals surface area contributed by atoms with Gasteiger partial charge in [0.05, 0.1) is 18.7 Å². The van der Waals surface area contributed by atoms with Crippen molar-refractivity contribution in [2.45, 2.75) is 20.0 Å². The molecule has 2 aromatic heterocycles. The monoisotopic (exact) mass is 396 g/mol. The third kappa shape index (κ3) is 4.57. The molecule has 1 amide bonds. The lowest BCUT2D eigenvalue weighted by Gasteiger charge is -2.13. The largest absolute Gasteiger partial charge is 0.465 e. The number of hydrogen-bond acceptors (Lipinski definition) is 6. The zero-order valence-electron chi connectivity index (χ0n) is 15.8. The Morgan fingerprint density at radius 2 is 1.83 bits per heavy atom. The number of carbonyl (C=O) groups excluding carboxylic acids is 2. The van der Waals surface area contributed by atoms with Crippen LogP contribution >= 0.6 is 0 Å². The molecule has 9 nitrogen and oxygen atoms in total. The topological polar surface area (TPSA) is 112 Å². The van der Waals surface area contributed by atoms with Crippen LogP contribution in [0.5, 0.6) is 0 Å². The minimum Gasteiger partial charge on any atom is -0.465 e. The van der Waals surface area contributed by atoms with Crippen LogP contribution in [0, 0.1) is 0 Å². The molecule has 29 heavy (non-hydrogen) atoms. The molecule has 0 aliphatic carbocycles. The summed E-state index contributed by atoms with van der Waals surface area (Å²) in [5.74, 6) is -1.14. The summed E-state index contributed by atoms with van der Waals surface area (Å²) in [4.78, 5) is 53.6. The first-order valence-corrected chi connectivity index (χ1v) is 9.06. The average Bonchev–Trinajstić information content (AvgIpc) is 2.73. The van der Waals surface area contributed by atoms with Gasteiger partial charge in [-0.3, -0.25) is 23.5 Å². The molecule has 0 saturated heterocycles. The minimum atomic E-state index is -0.634. The Kier molecular flexibility index (Phi) is 6.18. The lowest BCUT2D eigenvalue weighted by molar-refractivity contribution is -0.143. The van der Waals surface area contributed by atoms with E-state index < -0.39 is 23.1 Å². The molecule has 1 aromatic carbocycles. The van der Waals surface area contributed by atoms with Crippen molar-refractivity contribution in [3.63, 3.8) is 0 Å². The molecule has 0 unspecified atom stereocenters. The molecule has 0 atom stereocenters. The Balaban J connectivity index is 1.98. The third-order valence-corrected chi connectivity index (χ3v) is 4.21. The van der Waals surface area contributed by atoms with Crippen molar-refractivity contribution in [1.82, 2.24) is 19.4 Å². The van der Waals surface area contributed by atoms with E-state index in [-0.39, 0.29) is 37.3 Å². The number of hydrogen-bond donors (Lipinski definition) is 1. The van der Waals surface area contributed by atoms with E-state index in [9.17, 15) is 19.2 Å². The normalized spacial score (nSPS) is 10.7. The molecule has 0 radical (unpaired) electrons. The van der Waals surface area contributed by atoms with Crippen molar-refractivity contribution < 1.29 is 14.3 Å². The molecular weight excluding hydrogens is 376 g/mol. The number of amides is 1. The Hall–Kier alpha value is -3.75. The van der Waals surface area contributed by atoms with Gasteiger partial charge in [0.1, 0.15) is 13.1 Å². The van der Waals surface area contributed by atoms with Gasteiger partial charge in [0.25, 0.3) is 5.56 Å². The predicted octanol–water partition coefficient (Wildman–Crippen LogP) is 0.286. The van der Waals surface area contributed by atoms with E-state index in [4.69, 9.17) is 4.74 Å². The van der Waals surface area contributed by atoms with Crippen molar-refractivity contribution in [2.24, 2.45) is 0 Å². The minimum absolute atomic E-state index is 0.0511. The van der Waals surface area contributed by atoms with Crippen LogP contribution in [0.4, 0.5) is 0 Å². The maximum absolute atomic E-state index is 13.0. The molecule has 0 saturated carbocycles. The van der Waals surface area contributed by atoms with Crippen LogP contribution in [0.1, 0.15) is 12.5 Å². The summed E-state index contributed by atoms with van der Waals surface area (Å²) in [7, 11) is 0. The van der Waals surface area contributed by atoms with E-state index in [1.54, 1.807) is 43.3 Å². The second-order valence-corrected chi connectivity index (χ2v) is 6.20. The number of ether oxygens (including phenoxy) is 1. The number of carbonyl (C=O) groups is 2. The van der Waals surface area contributed by atoms with Gasteiger partial charge in [-0.25, -0.2) is 9.78 Å². The summed E-state index contributed by atoms with van der Waals surface area (Å²) in [6.45, 7) is 1.25. The molecule has 0 bridgehead atoms. The van der Waals surface area contributed by atoms with Gasteiger partial charge in [0.2, 0.25) is 5.91 Å². The van der Waals surface area contributed by atoms with Gasteiger partial charge in [0, 0.05) is 6.20 Å². The van der Waals surface area contributed by atoms with E-state index in [2.05, 4.69) is 10.3 Å². The van der Waals surface area contributed by atoms with Gasteiger partial charge in [-0.05, 0) is 24.6 Å². The van der Waals surface area contributed by atoms with E-state index in [1.165, 1.54) is 10.8 Å². The number of pyridine rings is 1. The molecule has 0 spiro atoms. The number of nitrogens with one attached hydrogen (secondary N) is 1. The first-order valence-electron chi connectivity index (χ1n) is 9.06. The molecule has 0 fully saturated rings.